The first-order valence-electron chi connectivity index (χ1n) is 9.05. The summed E-state index contributed by atoms with van der Waals surface area (Å²) in [5.41, 5.74) is 1.72. The quantitative estimate of drug-likeness (QED) is 0.708. The molecule has 5 nitrogen and oxygen atoms in total. The minimum atomic E-state index is -2.65. The van der Waals surface area contributed by atoms with E-state index in [1.807, 2.05) is 0 Å². The Morgan fingerprint density at radius 2 is 2.00 bits per heavy atom. The van der Waals surface area contributed by atoms with E-state index < -0.39 is 17.7 Å². The maximum absolute atomic E-state index is 13.9. The normalized spacial score (nSPS) is 17.1. The summed E-state index contributed by atoms with van der Waals surface area (Å²) < 4.78 is 42.6. The van der Waals surface area contributed by atoms with Crippen LogP contribution in [-0.4, -0.2) is 31.8 Å². The van der Waals surface area contributed by atoms with Gasteiger partial charge in [0.15, 0.2) is 0 Å². The van der Waals surface area contributed by atoms with Crippen LogP contribution in [0.25, 0.3) is 10.9 Å². The number of nitrogens with zero attached hydrogens (tertiary/aromatic N) is 3. The van der Waals surface area contributed by atoms with Gasteiger partial charge in [0.1, 0.15) is 5.82 Å². The Balaban J connectivity index is 1.75. The molecule has 1 N–H and O–H groups in total. The lowest BCUT2D eigenvalue weighted by molar-refractivity contribution is -0.0446. The van der Waals surface area contributed by atoms with Gasteiger partial charge < -0.3 is 5.11 Å². The number of hydrogen-bond acceptors (Lipinski definition) is 3. The van der Waals surface area contributed by atoms with Crippen LogP contribution in [0.3, 0.4) is 0 Å². The van der Waals surface area contributed by atoms with E-state index in [2.05, 4.69) is 10.1 Å². The van der Waals surface area contributed by atoms with Crippen molar-refractivity contribution in [1.82, 2.24) is 14.8 Å². The molecule has 0 radical (unpaired) electrons. The van der Waals surface area contributed by atoms with Gasteiger partial charge in [-0.1, -0.05) is 0 Å². The van der Waals surface area contributed by atoms with Crippen LogP contribution in [0.1, 0.15) is 53.3 Å². The summed E-state index contributed by atoms with van der Waals surface area (Å²) in [6.45, 7) is 0. The molecule has 0 amide bonds. The number of aromatic nitrogens is 3. The highest BCUT2D eigenvalue weighted by molar-refractivity contribution is 5.89. The molecule has 0 unspecified atom stereocenters. The zero-order valence-electron chi connectivity index (χ0n) is 14.9. The second-order valence-electron chi connectivity index (χ2n) is 7.15. The number of halogens is 3. The third-order valence-corrected chi connectivity index (χ3v) is 5.27. The van der Waals surface area contributed by atoms with Gasteiger partial charge >= 0.3 is 5.97 Å². The molecule has 146 valence electrons. The number of fused-ring (bicyclic) bond motifs is 1. The minimum Gasteiger partial charge on any atom is -0.478 e. The SMILES string of the molecule is O=C(O)c1ccncc1Cc1nn(C2CCC(F)(F)CC2)c2ccc(F)cc12. The summed E-state index contributed by atoms with van der Waals surface area (Å²) in [4.78, 5) is 15.4. The summed E-state index contributed by atoms with van der Waals surface area (Å²) >= 11 is 0. The van der Waals surface area contributed by atoms with Crippen LogP contribution in [0.2, 0.25) is 0 Å². The van der Waals surface area contributed by atoms with Crippen molar-refractivity contribution in [1.29, 1.82) is 0 Å². The third kappa shape index (κ3) is 3.46. The number of benzene rings is 1. The molecule has 4 rings (SSSR count). The van der Waals surface area contributed by atoms with Crippen molar-refractivity contribution in [2.24, 2.45) is 0 Å². The van der Waals surface area contributed by atoms with Gasteiger partial charge in [0.05, 0.1) is 22.8 Å². The molecule has 1 aliphatic rings. The fourth-order valence-electron chi connectivity index (χ4n) is 3.81. The maximum Gasteiger partial charge on any atom is 0.336 e. The average molecular weight is 389 g/mol. The number of carboxylic acids is 1. The molecule has 0 aliphatic heterocycles. The number of alkyl halides is 2. The van der Waals surface area contributed by atoms with Gasteiger partial charge in [-0.15, -0.1) is 0 Å². The molecule has 0 bridgehead atoms. The zero-order valence-corrected chi connectivity index (χ0v) is 14.9. The molecule has 1 aromatic carbocycles. The van der Waals surface area contributed by atoms with Crippen molar-refractivity contribution in [2.75, 3.05) is 0 Å². The van der Waals surface area contributed by atoms with Crippen molar-refractivity contribution in [2.45, 2.75) is 44.1 Å². The predicted molar refractivity (Wildman–Crippen MR) is 96.1 cm³/mol. The Labute approximate surface area is 158 Å². The summed E-state index contributed by atoms with van der Waals surface area (Å²) in [6, 6.07) is 5.46. The van der Waals surface area contributed by atoms with E-state index in [1.165, 1.54) is 30.6 Å². The Morgan fingerprint density at radius 1 is 1.25 bits per heavy atom. The van der Waals surface area contributed by atoms with E-state index in [0.717, 1.165) is 0 Å². The lowest BCUT2D eigenvalue weighted by Gasteiger charge is -2.28. The molecule has 2 heterocycles. The minimum absolute atomic E-state index is 0.103. The van der Waals surface area contributed by atoms with Crippen molar-refractivity contribution >= 4 is 16.9 Å². The number of aromatic carboxylic acids is 1. The van der Waals surface area contributed by atoms with Crippen molar-refractivity contribution < 1.29 is 23.1 Å². The van der Waals surface area contributed by atoms with Crippen LogP contribution in [-0.2, 0) is 6.42 Å². The van der Waals surface area contributed by atoms with Crippen LogP contribution in [0.4, 0.5) is 13.2 Å². The number of pyridine rings is 1. The van der Waals surface area contributed by atoms with Crippen molar-refractivity contribution in [3.8, 4) is 0 Å². The predicted octanol–water partition coefficient (Wildman–Crippen LogP) is 4.61. The molecule has 1 aliphatic carbocycles. The fraction of sp³-hybridized carbons (Fsp3) is 0.350. The highest BCUT2D eigenvalue weighted by Crippen LogP contribution is 2.39. The molecule has 2 aromatic heterocycles. The molecular formula is C20H18F3N3O2. The fourth-order valence-corrected chi connectivity index (χ4v) is 3.81. The molecule has 28 heavy (non-hydrogen) atoms. The summed E-state index contributed by atoms with van der Waals surface area (Å²) in [5, 5.41) is 14.5. The Hall–Kier alpha value is -2.90. The Bertz CT molecular complexity index is 1040. The molecular weight excluding hydrogens is 371 g/mol. The van der Waals surface area contributed by atoms with Gasteiger partial charge in [-0.05, 0) is 42.7 Å². The van der Waals surface area contributed by atoms with Crippen LogP contribution >= 0.6 is 0 Å². The van der Waals surface area contributed by atoms with Crippen LogP contribution in [0.5, 0.6) is 0 Å². The van der Waals surface area contributed by atoms with E-state index >= 15 is 0 Å². The maximum atomic E-state index is 13.9. The van der Waals surface area contributed by atoms with Crippen molar-refractivity contribution in [3.63, 3.8) is 0 Å². The van der Waals surface area contributed by atoms with E-state index in [1.54, 1.807) is 10.7 Å². The monoisotopic (exact) mass is 389 g/mol. The molecule has 0 saturated heterocycles. The standard InChI is InChI=1S/C20H18F3N3O2/c21-13-1-2-18-16(10-13)17(9-12-11-24-8-5-15(12)19(27)28)25-26(18)14-3-6-20(22,23)7-4-14/h1-2,5,8,10-11,14H,3-4,6-7,9H2,(H,27,28). The Morgan fingerprint density at radius 3 is 2.71 bits per heavy atom. The molecule has 1 saturated carbocycles. The average Bonchev–Trinajstić information content (AvgIpc) is 2.99. The van der Waals surface area contributed by atoms with Crippen LogP contribution in [0, 0.1) is 5.82 Å². The number of carbonyl (C=O) groups is 1. The second kappa shape index (κ2) is 6.92. The van der Waals surface area contributed by atoms with Gasteiger partial charge in [-0.2, -0.15) is 5.10 Å². The van der Waals surface area contributed by atoms with Gasteiger partial charge in [0.25, 0.3) is 0 Å². The van der Waals surface area contributed by atoms with E-state index in [9.17, 15) is 23.1 Å². The lowest BCUT2D eigenvalue weighted by Crippen LogP contribution is -2.26. The van der Waals surface area contributed by atoms with Gasteiger partial charge in [0, 0.05) is 37.0 Å². The van der Waals surface area contributed by atoms with Gasteiger partial charge in [-0.25, -0.2) is 18.0 Å². The van der Waals surface area contributed by atoms with E-state index in [0.29, 0.717) is 22.2 Å². The van der Waals surface area contributed by atoms with Crippen LogP contribution in [0.15, 0.2) is 36.7 Å². The van der Waals surface area contributed by atoms with Crippen LogP contribution < -0.4 is 0 Å². The Kier molecular flexibility index (Phi) is 4.56. The summed E-state index contributed by atoms with van der Waals surface area (Å²) in [5.74, 6) is -4.17. The zero-order chi connectivity index (χ0) is 19.9. The lowest BCUT2D eigenvalue weighted by atomic mass is 9.92. The van der Waals surface area contributed by atoms with Gasteiger partial charge in [-0.3, -0.25) is 9.67 Å². The summed E-state index contributed by atoms with van der Waals surface area (Å²) in [7, 11) is 0. The largest absolute Gasteiger partial charge is 0.478 e. The number of hydrogen-bond donors (Lipinski definition) is 1. The first-order valence-corrected chi connectivity index (χ1v) is 9.05. The first-order chi connectivity index (χ1) is 13.3. The molecule has 8 heteroatoms. The molecule has 1 fully saturated rings. The number of carboxylic acid groups (broad SMARTS) is 1. The summed E-state index contributed by atoms with van der Waals surface area (Å²) in [6.07, 6.45) is 3.16. The van der Waals surface area contributed by atoms with Crippen molar-refractivity contribution in [3.05, 3.63) is 59.3 Å². The van der Waals surface area contributed by atoms with Gasteiger partial charge in [0.2, 0.25) is 5.92 Å². The highest BCUT2D eigenvalue weighted by Gasteiger charge is 2.36. The number of rotatable bonds is 4. The molecule has 0 spiro atoms. The smallest absolute Gasteiger partial charge is 0.336 e. The third-order valence-electron chi connectivity index (χ3n) is 5.27. The molecule has 3 aromatic rings. The topological polar surface area (TPSA) is 68.0 Å². The van der Waals surface area contributed by atoms with E-state index in [4.69, 9.17) is 0 Å². The highest BCUT2D eigenvalue weighted by atomic mass is 19.3. The first kappa shape index (κ1) is 18.5. The molecule has 0 atom stereocenters. The second-order valence-corrected chi connectivity index (χ2v) is 7.15. The van der Waals surface area contributed by atoms with E-state index in [-0.39, 0.29) is 43.7 Å².